The maximum absolute atomic E-state index is 12.3. The number of hydrogen-bond acceptors (Lipinski definition) is 4. The normalized spacial score (nSPS) is 14.7. The minimum absolute atomic E-state index is 0.0881. The van der Waals surface area contributed by atoms with Crippen molar-refractivity contribution < 1.29 is 19.8 Å². The molecule has 114 valence electrons. The average Bonchev–Trinajstić information content (AvgIpc) is 2.70. The van der Waals surface area contributed by atoms with Crippen LogP contribution in [0.15, 0.2) is 24.3 Å². The van der Waals surface area contributed by atoms with E-state index in [0.29, 0.717) is 35.8 Å². The van der Waals surface area contributed by atoms with Gasteiger partial charge in [-0.05, 0) is 30.3 Å². The van der Waals surface area contributed by atoms with Gasteiger partial charge in [0.25, 0.3) is 11.8 Å². The lowest BCUT2D eigenvalue weighted by Gasteiger charge is -2.27. The molecule has 0 aliphatic carbocycles. The monoisotopic (exact) mass is 307 g/mol. The number of amides is 2. The van der Waals surface area contributed by atoms with Gasteiger partial charge in [-0.15, -0.1) is 0 Å². The summed E-state index contributed by atoms with van der Waals surface area (Å²) in [6.07, 6.45) is 0. The fourth-order valence-electron chi connectivity index (χ4n) is 2.74. The van der Waals surface area contributed by atoms with Crippen LogP contribution in [0, 0.1) is 0 Å². The Kier molecular flexibility index (Phi) is 4.92. The van der Waals surface area contributed by atoms with Gasteiger partial charge in [0.2, 0.25) is 0 Å². The molecule has 21 heavy (non-hydrogen) atoms. The minimum Gasteiger partial charge on any atom is -0.397 e. The van der Waals surface area contributed by atoms with Crippen molar-refractivity contribution in [3.8, 4) is 0 Å². The molecule has 1 aromatic rings. The number of fused-ring (bicyclic) bond motifs is 1. The first-order valence-corrected chi connectivity index (χ1v) is 10.3. The molecular weight excluding hydrogens is 286 g/mol. The Morgan fingerprint density at radius 3 is 1.86 bits per heavy atom. The van der Waals surface area contributed by atoms with Gasteiger partial charge in [0, 0.05) is 19.8 Å². The molecule has 2 amide bonds. The number of carbonyl (C=O) groups is 2. The Hall–Kier alpha value is -1.50. The molecule has 0 fully saturated rings. The molecule has 2 N–H and O–H groups in total. The second-order valence-electron chi connectivity index (χ2n) is 5.82. The molecule has 1 aliphatic heterocycles. The fraction of sp³-hybridized carbons (Fsp3) is 0.467. The van der Waals surface area contributed by atoms with Crippen LogP contribution in [0.4, 0.5) is 0 Å². The molecule has 0 aromatic heterocycles. The van der Waals surface area contributed by atoms with Crippen LogP contribution in [0.25, 0.3) is 0 Å². The quantitative estimate of drug-likeness (QED) is 0.589. The summed E-state index contributed by atoms with van der Waals surface area (Å²) in [7, 11) is -1.83. The first-order valence-electron chi connectivity index (χ1n) is 7.19. The van der Waals surface area contributed by atoms with Crippen LogP contribution >= 0.6 is 0 Å². The standard InChI is InChI=1S/C15H21NO4Si/c1-21(10-7-17,11-8-18)9-6-16-14(19)12-4-2-3-5-13(12)15(16)20/h2-5,17-18H,6-11H2,1H3. The molecular formula is C15H21NO4Si. The van der Waals surface area contributed by atoms with Gasteiger partial charge in [0.1, 0.15) is 0 Å². The maximum Gasteiger partial charge on any atom is 0.261 e. The Morgan fingerprint density at radius 2 is 1.43 bits per heavy atom. The van der Waals surface area contributed by atoms with Crippen LogP contribution in [-0.2, 0) is 0 Å². The summed E-state index contributed by atoms with van der Waals surface area (Å²) in [6.45, 7) is 2.64. The zero-order valence-electron chi connectivity index (χ0n) is 12.2. The van der Waals surface area contributed by atoms with Gasteiger partial charge < -0.3 is 10.2 Å². The van der Waals surface area contributed by atoms with Gasteiger partial charge in [-0.2, -0.15) is 0 Å². The van der Waals surface area contributed by atoms with E-state index >= 15 is 0 Å². The number of benzene rings is 1. The van der Waals surface area contributed by atoms with Gasteiger partial charge in [-0.1, -0.05) is 18.7 Å². The maximum atomic E-state index is 12.3. The second kappa shape index (κ2) is 6.51. The predicted octanol–water partition coefficient (Wildman–Crippen LogP) is 1.35. The van der Waals surface area contributed by atoms with Crippen molar-refractivity contribution in [2.75, 3.05) is 19.8 Å². The van der Waals surface area contributed by atoms with E-state index in [1.807, 2.05) is 0 Å². The third-order valence-electron chi connectivity index (χ3n) is 4.25. The summed E-state index contributed by atoms with van der Waals surface area (Å²) >= 11 is 0. The van der Waals surface area contributed by atoms with Gasteiger partial charge in [0.15, 0.2) is 0 Å². The average molecular weight is 307 g/mol. The second-order valence-corrected chi connectivity index (χ2v) is 10.9. The van der Waals surface area contributed by atoms with Crippen molar-refractivity contribution in [3.63, 3.8) is 0 Å². The third-order valence-corrected chi connectivity index (χ3v) is 8.54. The van der Waals surface area contributed by atoms with Crippen LogP contribution in [0.3, 0.4) is 0 Å². The molecule has 1 heterocycles. The molecule has 0 spiro atoms. The Balaban J connectivity index is 2.08. The molecule has 0 bridgehead atoms. The smallest absolute Gasteiger partial charge is 0.261 e. The topological polar surface area (TPSA) is 77.8 Å². The highest BCUT2D eigenvalue weighted by atomic mass is 28.3. The van der Waals surface area contributed by atoms with E-state index in [1.165, 1.54) is 4.90 Å². The highest BCUT2D eigenvalue weighted by Crippen LogP contribution is 2.26. The summed E-state index contributed by atoms with van der Waals surface area (Å²) in [5.74, 6) is -0.472. The van der Waals surface area contributed by atoms with Crippen LogP contribution in [0.5, 0.6) is 0 Å². The van der Waals surface area contributed by atoms with Crippen LogP contribution in [-0.4, -0.2) is 54.8 Å². The number of rotatable bonds is 7. The lowest BCUT2D eigenvalue weighted by atomic mass is 10.1. The van der Waals surface area contributed by atoms with E-state index in [9.17, 15) is 19.8 Å². The van der Waals surface area contributed by atoms with Crippen molar-refractivity contribution in [2.45, 2.75) is 24.7 Å². The van der Waals surface area contributed by atoms with Gasteiger partial charge in [-0.3, -0.25) is 14.5 Å². The van der Waals surface area contributed by atoms with Gasteiger partial charge >= 0.3 is 0 Å². The molecule has 1 aliphatic rings. The van der Waals surface area contributed by atoms with E-state index in [0.717, 1.165) is 0 Å². The summed E-state index contributed by atoms with van der Waals surface area (Å²) < 4.78 is 0. The lowest BCUT2D eigenvalue weighted by Crippen LogP contribution is -2.39. The highest BCUT2D eigenvalue weighted by Gasteiger charge is 2.36. The molecule has 1 aromatic carbocycles. The van der Waals surface area contributed by atoms with Crippen molar-refractivity contribution in [1.29, 1.82) is 0 Å². The Morgan fingerprint density at radius 1 is 0.952 bits per heavy atom. The predicted molar refractivity (Wildman–Crippen MR) is 82.0 cm³/mol. The van der Waals surface area contributed by atoms with Crippen molar-refractivity contribution in [1.82, 2.24) is 4.90 Å². The number of nitrogens with zero attached hydrogens (tertiary/aromatic N) is 1. The van der Waals surface area contributed by atoms with E-state index in [2.05, 4.69) is 6.55 Å². The molecule has 0 radical (unpaired) electrons. The highest BCUT2D eigenvalue weighted by molar-refractivity contribution is 6.78. The van der Waals surface area contributed by atoms with Crippen molar-refractivity contribution in [2.24, 2.45) is 0 Å². The summed E-state index contributed by atoms with van der Waals surface area (Å²) in [5, 5.41) is 18.3. The molecule has 5 nitrogen and oxygen atoms in total. The van der Waals surface area contributed by atoms with E-state index < -0.39 is 8.07 Å². The van der Waals surface area contributed by atoms with Crippen LogP contribution < -0.4 is 0 Å². The molecule has 6 heteroatoms. The van der Waals surface area contributed by atoms with Gasteiger partial charge in [-0.25, -0.2) is 0 Å². The summed E-state index contributed by atoms with van der Waals surface area (Å²) in [5.41, 5.74) is 0.936. The fourth-order valence-corrected chi connectivity index (χ4v) is 5.33. The lowest BCUT2D eigenvalue weighted by molar-refractivity contribution is 0.0662. The van der Waals surface area contributed by atoms with Crippen molar-refractivity contribution in [3.05, 3.63) is 35.4 Å². The van der Waals surface area contributed by atoms with Crippen LogP contribution in [0.1, 0.15) is 20.7 Å². The number of carbonyl (C=O) groups excluding carboxylic acids is 2. The first-order chi connectivity index (χ1) is 10.0. The summed E-state index contributed by atoms with van der Waals surface area (Å²) in [4.78, 5) is 25.8. The van der Waals surface area contributed by atoms with Crippen molar-refractivity contribution >= 4 is 19.9 Å². The zero-order valence-corrected chi connectivity index (χ0v) is 13.2. The minimum atomic E-state index is -1.83. The van der Waals surface area contributed by atoms with Crippen LogP contribution in [0.2, 0.25) is 24.7 Å². The molecule has 0 saturated heterocycles. The Bertz CT molecular complexity index is 505. The molecule has 2 rings (SSSR count). The number of hydrogen-bond donors (Lipinski definition) is 2. The van der Waals surface area contributed by atoms with Gasteiger partial charge in [0.05, 0.1) is 19.2 Å². The van der Waals surface area contributed by atoms with E-state index in [-0.39, 0.29) is 25.0 Å². The number of imide groups is 1. The molecule has 0 saturated carbocycles. The zero-order chi connectivity index (χ0) is 15.5. The molecule has 0 unspecified atom stereocenters. The number of aliphatic hydroxyl groups excluding tert-OH is 2. The number of aliphatic hydroxyl groups is 2. The largest absolute Gasteiger partial charge is 0.397 e. The Labute approximate surface area is 125 Å². The van der Waals surface area contributed by atoms with E-state index in [4.69, 9.17) is 0 Å². The first kappa shape index (κ1) is 15.9. The van der Waals surface area contributed by atoms with E-state index in [1.54, 1.807) is 24.3 Å². The molecule has 0 atom stereocenters. The summed E-state index contributed by atoms with van der Waals surface area (Å²) in [6, 6.07) is 8.92. The SMILES string of the molecule is C[Si](CCO)(CCO)CCN1C(=O)c2ccccc2C1=O. The third kappa shape index (κ3) is 3.23.